The van der Waals surface area contributed by atoms with Gasteiger partial charge in [0.1, 0.15) is 5.60 Å². The molecule has 0 aliphatic heterocycles. The average molecular weight is 351 g/mol. The van der Waals surface area contributed by atoms with Gasteiger partial charge in [0.25, 0.3) is 0 Å². The Kier molecular flexibility index (Phi) is 9.53. The Morgan fingerprint density at radius 3 is 2.44 bits per heavy atom. The van der Waals surface area contributed by atoms with Crippen molar-refractivity contribution in [3.05, 3.63) is 35.9 Å². The molecule has 1 N–H and O–H groups in total. The van der Waals surface area contributed by atoms with Gasteiger partial charge in [0.2, 0.25) is 0 Å². The third kappa shape index (κ3) is 11.6. The molecule has 5 nitrogen and oxygen atoms in total. The third-order valence-corrected chi connectivity index (χ3v) is 3.34. The van der Waals surface area contributed by atoms with Crippen LogP contribution in [0.1, 0.15) is 46.6 Å². The van der Waals surface area contributed by atoms with Crippen LogP contribution in [-0.4, -0.2) is 37.6 Å². The second-order valence-corrected chi connectivity index (χ2v) is 7.56. The van der Waals surface area contributed by atoms with E-state index in [1.165, 1.54) is 0 Å². The Morgan fingerprint density at radius 1 is 1.16 bits per heavy atom. The standard InChI is InChI=1S/C20H33NO4/c1-16(2)11-12-24-18(13-21-19(22)25-20(3,4)5)15-23-14-17-9-7-6-8-10-17/h6-10,16,18H,11-15H2,1-5H3,(H,21,22)/t18-/m0/s1. The van der Waals surface area contributed by atoms with Crippen molar-refractivity contribution in [1.29, 1.82) is 0 Å². The van der Waals surface area contributed by atoms with Crippen LogP contribution < -0.4 is 5.32 Å². The van der Waals surface area contributed by atoms with Crippen molar-refractivity contribution in [2.24, 2.45) is 5.92 Å². The molecule has 0 fully saturated rings. The van der Waals surface area contributed by atoms with E-state index in [9.17, 15) is 4.79 Å². The lowest BCUT2D eigenvalue weighted by molar-refractivity contribution is -0.0252. The molecule has 1 aromatic carbocycles. The highest BCUT2D eigenvalue weighted by molar-refractivity contribution is 5.67. The molecule has 142 valence electrons. The van der Waals surface area contributed by atoms with Crippen LogP contribution in [0.3, 0.4) is 0 Å². The quantitative estimate of drug-likeness (QED) is 0.688. The molecule has 1 rings (SSSR count). The molecule has 1 amide bonds. The van der Waals surface area contributed by atoms with Gasteiger partial charge in [-0.05, 0) is 38.7 Å². The predicted molar refractivity (Wildman–Crippen MR) is 99.5 cm³/mol. The van der Waals surface area contributed by atoms with E-state index in [1.807, 2.05) is 51.1 Å². The molecule has 0 radical (unpaired) electrons. The van der Waals surface area contributed by atoms with Gasteiger partial charge in [-0.1, -0.05) is 44.2 Å². The topological polar surface area (TPSA) is 56.8 Å². The van der Waals surface area contributed by atoms with E-state index in [1.54, 1.807) is 0 Å². The van der Waals surface area contributed by atoms with Gasteiger partial charge in [0.05, 0.1) is 19.3 Å². The van der Waals surface area contributed by atoms with E-state index in [4.69, 9.17) is 14.2 Å². The summed E-state index contributed by atoms with van der Waals surface area (Å²) in [5, 5.41) is 2.76. The van der Waals surface area contributed by atoms with E-state index in [0.717, 1.165) is 12.0 Å². The Bertz CT molecular complexity index is 482. The third-order valence-electron chi connectivity index (χ3n) is 3.34. The molecule has 0 heterocycles. The van der Waals surface area contributed by atoms with E-state index in [-0.39, 0.29) is 6.10 Å². The van der Waals surface area contributed by atoms with Crippen LogP contribution in [0.2, 0.25) is 0 Å². The monoisotopic (exact) mass is 351 g/mol. The van der Waals surface area contributed by atoms with Crippen LogP contribution >= 0.6 is 0 Å². The zero-order valence-corrected chi connectivity index (χ0v) is 16.2. The summed E-state index contributed by atoms with van der Waals surface area (Å²) in [4.78, 5) is 11.8. The Balaban J connectivity index is 2.40. The number of ether oxygens (including phenoxy) is 3. The maximum Gasteiger partial charge on any atom is 0.407 e. The smallest absolute Gasteiger partial charge is 0.407 e. The highest BCUT2D eigenvalue weighted by Crippen LogP contribution is 2.07. The fraction of sp³-hybridized carbons (Fsp3) is 0.650. The number of nitrogens with one attached hydrogen (secondary N) is 1. The maximum atomic E-state index is 11.8. The Labute approximate surface area is 152 Å². The molecular formula is C20H33NO4. The predicted octanol–water partition coefficient (Wildman–Crippen LogP) is 4.16. The fourth-order valence-corrected chi connectivity index (χ4v) is 2.03. The zero-order valence-electron chi connectivity index (χ0n) is 16.2. The summed E-state index contributed by atoms with van der Waals surface area (Å²) in [6.45, 7) is 11.8. The summed E-state index contributed by atoms with van der Waals surface area (Å²) < 4.78 is 16.9. The summed E-state index contributed by atoms with van der Waals surface area (Å²) >= 11 is 0. The minimum absolute atomic E-state index is 0.199. The highest BCUT2D eigenvalue weighted by atomic mass is 16.6. The number of rotatable bonds is 10. The van der Waals surface area contributed by atoms with Crippen LogP contribution in [0.25, 0.3) is 0 Å². The lowest BCUT2D eigenvalue weighted by Gasteiger charge is -2.22. The van der Waals surface area contributed by atoms with Gasteiger partial charge in [-0.25, -0.2) is 4.79 Å². The van der Waals surface area contributed by atoms with Crippen molar-refractivity contribution in [3.63, 3.8) is 0 Å². The molecule has 25 heavy (non-hydrogen) atoms. The first-order chi connectivity index (χ1) is 11.8. The number of hydrogen-bond acceptors (Lipinski definition) is 4. The second kappa shape index (κ2) is 11.1. The minimum Gasteiger partial charge on any atom is -0.444 e. The van der Waals surface area contributed by atoms with Gasteiger partial charge < -0.3 is 19.5 Å². The first-order valence-electron chi connectivity index (χ1n) is 8.96. The van der Waals surface area contributed by atoms with Gasteiger partial charge in [-0.2, -0.15) is 0 Å². The van der Waals surface area contributed by atoms with Gasteiger partial charge in [-0.15, -0.1) is 0 Å². The van der Waals surface area contributed by atoms with E-state index >= 15 is 0 Å². The normalized spacial score (nSPS) is 12.9. The molecule has 5 heteroatoms. The Hall–Kier alpha value is -1.59. The van der Waals surface area contributed by atoms with Crippen molar-refractivity contribution < 1.29 is 19.0 Å². The molecule has 1 atom stereocenters. The summed E-state index contributed by atoms with van der Waals surface area (Å²) in [7, 11) is 0. The molecule has 0 spiro atoms. The van der Waals surface area contributed by atoms with Crippen molar-refractivity contribution in [2.75, 3.05) is 19.8 Å². The van der Waals surface area contributed by atoms with Crippen molar-refractivity contribution in [2.45, 2.75) is 59.4 Å². The van der Waals surface area contributed by atoms with Crippen LogP contribution in [0, 0.1) is 5.92 Å². The molecule has 0 aliphatic rings. The molecule has 0 unspecified atom stereocenters. The number of amides is 1. The summed E-state index contributed by atoms with van der Waals surface area (Å²) in [6, 6.07) is 9.99. The largest absolute Gasteiger partial charge is 0.444 e. The van der Waals surface area contributed by atoms with Crippen LogP contribution in [0.15, 0.2) is 30.3 Å². The minimum atomic E-state index is -0.512. The molecule has 0 saturated heterocycles. The van der Waals surface area contributed by atoms with Crippen molar-refractivity contribution >= 4 is 6.09 Å². The lowest BCUT2D eigenvalue weighted by atomic mass is 10.1. The van der Waals surface area contributed by atoms with E-state index in [0.29, 0.717) is 32.3 Å². The van der Waals surface area contributed by atoms with Gasteiger partial charge in [-0.3, -0.25) is 0 Å². The molecule has 0 bridgehead atoms. The number of alkyl carbamates (subject to hydrolysis) is 1. The average Bonchev–Trinajstić information content (AvgIpc) is 2.51. The fourth-order valence-electron chi connectivity index (χ4n) is 2.03. The first-order valence-corrected chi connectivity index (χ1v) is 8.96. The van der Waals surface area contributed by atoms with Gasteiger partial charge in [0, 0.05) is 13.2 Å². The zero-order chi connectivity index (χ0) is 18.7. The summed E-state index contributed by atoms with van der Waals surface area (Å²) in [5.41, 5.74) is 0.602. The lowest BCUT2D eigenvalue weighted by Crippen LogP contribution is -2.39. The Morgan fingerprint density at radius 2 is 1.84 bits per heavy atom. The molecule has 0 aromatic heterocycles. The molecule has 0 aliphatic carbocycles. The first kappa shape index (κ1) is 21.5. The molecule has 0 saturated carbocycles. The van der Waals surface area contributed by atoms with Gasteiger partial charge >= 0.3 is 6.09 Å². The SMILES string of the molecule is CC(C)CCO[C@@H](CNC(=O)OC(C)(C)C)COCc1ccccc1. The second-order valence-electron chi connectivity index (χ2n) is 7.56. The number of carbonyl (C=O) groups excluding carboxylic acids is 1. The van der Waals surface area contributed by atoms with E-state index < -0.39 is 11.7 Å². The van der Waals surface area contributed by atoms with Crippen LogP contribution in [-0.2, 0) is 20.8 Å². The van der Waals surface area contributed by atoms with Gasteiger partial charge in [0.15, 0.2) is 0 Å². The van der Waals surface area contributed by atoms with Crippen molar-refractivity contribution in [1.82, 2.24) is 5.32 Å². The van der Waals surface area contributed by atoms with Crippen LogP contribution in [0.5, 0.6) is 0 Å². The molecule has 1 aromatic rings. The summed E-state index contributed by atoms with van der Waals surface area (Å²) in [5.74, 6) is 0.574. The molecular weight excluding hydrogens is 318 g/mol. The number of carbonyl (C=O) groups is 1. The maximum absolute atomic E-state index is 11.8. The van der Waals surface area contributed by atoms with Crippen LogP contribution in [0.4, 0.5) is 4.79 Å². The summed E-state index contributed by atoms with van der Waals surface area (Å²) in [6.07, 6.45) is 0.338. The number of hydrogen-bond donors (Lipinski definition) is 1. The number of benzene rings is 1. The van der Waals surface area contributed by atoms with Crippen molar-refractivity contribution in [3.8, 4) is 0 Å². The highest BCUT2D eigenvalue weighted by Gasteiger charge is 2.18. The van der Waals surface area contributed by atoms with E-state index in [2.05, 4.69) is 19.2 Å².